The van der Waals surface area contributed by atoms with Crippen molar-refractivity contribution in [1.29, 1.82) is 0 Å². The average Bonchev–Trinajstić information content (AvgIpc) is 3.02. The van der Waals surface area contributed by atoms with Gasteiger partial charge in [-0.05, 0) is 43.3 Å². The molecule has 6 nitrogen and oxygen atoms in total. The van der Waals surface area contributed by atoms with Gasteiger partial charge in [-0.25, -0.2) is 0 Å². The van der Waals surface area contributed by atoms with Crippen molar-refractivity contribution in [3.63, 3.8) is 0 Å². The van der Waals surface area contributed by atoms with Gasteiger partial charge in [-0.15, -0.1) is 0 Å². The first-order valence-corrected chi connectivity index (χ1v) is 10.6. The molecule has 3 rings (SSSR count). The molecule has 0 bridgehead atoms. The van der Waals surface area contributed by atoms with Crippen molar-refractivity contribution in [1.82, 2.24) is 9.80 Å². The van der Waals surface area contributed by atoms with E-state index in [0.717, 1.165) is 22.2 Å². The maximum atomic E-state index is 12.8. The third kappa shape index (κ3) is 5.10. The topological polar surface area (TPSA) is 66.9 Å². The van der Waals surface area contributed by atoms with Gasteiger partial charge in [0.05, 0.1) is 4.91 Å². The number of imide groups is 1. The predicted molar refractivity (Wildman–Crippen MR) is 118 cm³/mol. The minimum Gasteiger partial charge on any atom is -0.488 e. The zero-order valence-electron chi connectivity index (χ0n) is 17.0. The molecule has 0 atom stereocenters. The zero-order chi connectivity index (χ0) is 21.5. The van der Waals surface area contributed by atoms with Crippen molar-refractivity contribution in [2.45, 2.75) is 20.5 Å². The van der Waals surface area contributed by atoms with Gasteiger partial charge in [0.2, 0.25) is 5.91 Å². The van der Waals surface area contributed by atoms with E-state index in [1.165, 1.54) is 0 Å². The summed E-state index contributed by atoms with van der Waals surface area (Å²) in [4.78, 5) is 40.3. The van der Waals surface area contributed by atoms with Crippen LogP contribution in [-0.4, -0.2) is 46.5 Å². The third-order valence-electron chi connectivity index (χ3n) is 4.73. The second-order valence-corrected chi connectivity index (χ2v) is 7.64. The van der Waals surface area contributed by atoms with Crippen LogP contribution in [0.1, 0.15) is 25.0 Å². The first-order chi connectivity index (χ1) is 14.5. The third-order valence-corrected chi connectivity index (χ3v) is 5.63. The van der Waals surface area contributed by atoms with Gasteiger partial charge in [-0.3, -0.25) is 19.3 Å². The highest BCUT2D eigenvalue weighted by Crippen LogP contribution is 2.34. The fraction of sp³-hybridized carbons (Fsp3) is 0.261. The van der Waals surface area contributed by atoms with E-state index >= 15 is 0 Å². The van der Waals surface area contributed by atoms with Crippen molar-refractivity contribution in [3.05, 3.63) is 70.6 Å². The van der Waals surface area contributed by atoms with E-state index in [9.17, 15) is 14.4 Å². The van der Waals surface area contributed by atoms with Crippen molar-refractivity contribution < 1.29 is 19.1 Å². The van der Waals surface area contributed by atoms with Crippen LogP contribution in [-0.2, 0) is 16.2 Å². The van der Waals surface area contributed by atoms with Gasteiger partial charge >= 0.3 is 0 Å². The number of nitrogens with zero attached hydrogens (tertiary/aromatic N) is 2. The SMILES string of the molecule is CCN(CC)C(=O)CN1C(=O)S/C(=C\c2ccccc2OCc2ccccc2)C1=O. The summed E-state index contributed by atoms with van der Waals surface area (Å²) in [6.45, 7) is 4.95. The largest absolute Gasteiger partial charge is 0.488 e. The molecule has 1 saturated heterocycles. The maximum absolute atomic E-state index is 12.8. The van der Waals surface area contributed by atoms with Gasteiger partial charge in [0.1, 0.15) is 18.9 Å². The molecule has 1 heterocycles. The van der Waals surface area contributed by atoms with Crippen LogP contribution in [0.3, 0.4) is 0 Å². The molecule has 2 aromatic carbocycles. The molecule has 0 saturated carbocycles. The quantitative estimate of drug-likeness (QED) is 0.595. The van der Waals surface area contributed by atoms with E-state index in [1.54, 1.807) is 11.0 Å². The lowest BCUT2D eigenvalue weighted by Crippen LogP contribution is -2.41. The van der Waals surface area contributed by atoms with Crippen LogP contribution in [0.5, 0.6) is 5.75 Å². The second kappa shape index (κ2) is 10.1. The van der Waals surface area contributed by atoms with Crippen LogP contribution in [0.2, 0.25) is 0 Å². The molecule has 0 radical (unpaired) electrons. The van der Waals surface area contributed by atoms with E-state index < -0.39 is 11.1 Å². The standard InChI is InChI=1S/C23H24N2O4S/c1-3-24(4-2)21(26)15-25-22(27)20(30-23(25)28)14-18-12-8-9-13-19(18)29-16-17-10-6-5-7-11-17/h5-14H,3-4,15-16H2,1-2H3/b20-14-. The summed E-state index contributed by atoms with van der Waals surface area (Å²) in [6.07, 6.45) is 1.65. The van der Waals surface area contributed by atoms with Crippen LogP contribution in [0.15, 0.2) is 59.5 Å². The molecule has 2 aromatic rings. The molecule has 0 unspecified atom stereocenters. The average molecular weight is 425 g/mol. The lowest BCUT2D eigenvalue weighted by Gasteiger charge is -2.21. The van der Waals surface area contributed by atoms with Crippen LogP contribution in [0.25, 0.3) is 6.08 Å². The molecule has 1 aliphatic heterocycles. The number of carbonyl (C=O) groups excluding carboxylic acids is 3. The number of thioether (sulfide) groups is 1. The van der Waals surface area contributed by atoms with E-state index in [1.807, 2.05) is 68.4 Å². The number of carbonyl (C=O) groups is 3. The Morgan fingerprint density at radius 3 is 2.40 bits per heavy atom. The molecule has 0 aliphatic carbocycles. The summed E-state index contributed by atoms with van der Waals surface area (Å²) >= 11 is 0.841. The van der Waals surface area contributed by atoms with Gasteiger partial charge in [0.25, 0.3) is 11.1 Å². The van der Waals surface area contributed by atoms with Crippen LogP contribution in [0, 0.1) is 0 Å². The highest BCUT2D eigenvalue weighted by atomic mass is 32.2. The van der Waals surface area contributed by atoms with Crippen LogP contribution >= 0.6 is 11.8 Å². The maximum Gasteiger partial charge on any atom is 0.294 e. The van der Waals surface area contributed by atoms with Crippen molar-refractivity contribution >= 4 is 34.9 Å². The fourth-order valence-corrected chi connectivity index (χ4v) is 3.88. The summed E-state index contributed by atoms with van der Waals surface area (Å²) in [6, 6.07) is 17.1. The summed E-state index contributed by atoms with van der Waals surface area (Å²) in [5, 5.41) is -0.436. The first kappa shape index (κ1) is 21.6. The normalized spacial score (nSPS) is 15.0. The molecule has 156 valence electrons. The number of hydrogen-bond donors (Lipinski definition) is 0. The summed E-state index contributed by atoms with van der Waals surface area (Å²) in [7, 11) is 0. The van der Waals surface area contributed by atoms with Gasteiger partial charge < -0.3 is 9.64 Å². The molecule has 30 heavy (non-hydrogen) atoms. The van der Waals surface area contributed by atoms with Crippen LogP contribution in [0.4, 0.5) is 4.79 Å². The summed E-state index contributed by atoms with van der Waals surface area (Å²) < 4.78 is 5.92. The zero-order valence-corrected chi connectivity index (χ0v) is 17.9. The number of ether oxygens (including phenoxy) is 1. The van der Waals surface area contributed by atoms with Gasteiger partial charge in [0, 0.05) is 18.7 Å². The highest BCUT2D eigenvalue weighted by Gasteiger charge is 2.37. The number of hydrogen-bond acceptors (Lipinski definition) is 5. The molecule has 3 amide bonds. The van der Waals surface area contributed by atoms with E-state index in [-0.39, 0.29) is 17.4 Å². The molecular weight excluding hydrogens is 400 g/mol. The minimum atomic E-state index is -0.455. The van der Waals surface area contributed by atoms with Gasteiger partial charge in [-0.2, -0.15) is 0 Å². The van der Waals surface area contributed by atoms with E-state index in [4.69, 9.17) is 4.74 Å². The second-order valence-electron chi connectivity index (χ2n) is 6.65. The lowest BCUT2D eigenvalue weighted by molar-refractivity contribution is -0.135. The molecule has 0 aromatic heterocycles. The Balaban J connectivity index is 1.75. The Kier molecular flexibility index (Phi) is 7.30. The number of amides is 3. The summed E-state index contributed by atoms with van der Waals surface area (Å²) in [5.41, 5.74) is 1.73. The Labute approximate surface area is 180 Å². The molecule has 1 fully saturated rings. The number of benzene rings is 2. The van der Waals surface area contributed by atoms with E-state index in [2.05, 4.69) is 0 Å². The first-order valence-electron chi connectivity index (χ1n) is 9.82. The van der Waals surface area contributed by atoms with E-state index in [0.29, 0.717) is 31.0 Å². The fourth-order valence-electron chi connectivity index (χ4n) is 3.06. The predicted octanol–water partition coefficient (Wildman–Crippen LogP) is 4.17. The molecule has 0 N–H and O–H groups in total. The Hall–Kier alpha value is -3.06. The smallest absolute Gasteiger partial charge is 0.294 e. The molecule has 0 spiro atoms. The van der Waals surface area contributed by atoms with Gasteiger partial charge in [-0.1, -0.05) is 48.5 Å². The Morgan fingerprint density at radius 2 is 1.70 bits per heavy atom. The molecular formula is C23H24N2O4S. The minimum absolute atomic E-state index is 0.240. The lowest BCUT2D eigenvalue weighted by atomic mass is 10.1. The number of likely N-dealkylation sites (N-methyl/N-ethyl adjacent to an activating group) is 1. The van der Waals surface area contributed by atoms with Crippen molar-refractivity contribution in [2.24, 2.45) is 0 Å². The Morgan fingerprint density at radius 1 is 1.03 bits per heavy atom. The Bertz CT molecular complexity index is 955. The monoisotopic (exact) mass is 424 g/mol. The van der Waals surface area contributed by atoms with Crippen LogP contribution < -0.4 is 4.74 Å². The molecule has 1 aliphatic rings. The molecule has 7 heteroatoms. The van der Waals surface area contributed by atoms with Gasteiger partial charge in [0.15, 0.2) is 0 Å². The number of para-hydroxylation sites is 1. The summed E-state index contributed by atoms with van der Waals surface area (Å²) in [5.74, 6) is -0.0779. The number of rotatable bonds is 8. The highest BCUT2D eigenvalue weighted by molar-refractivity contribution is 8.18. The van der Waals surface area contributed by atoms with Crippen molar-refractivity contribution in [2.75, 3.05) is 19.6 Å². The van der Waals surface area contributed by atoms with Crippen molar-refractivity contribution in [3.8, 4) is 5.75 Å².